The minimum atomic E-state index is -1.76. The Kier molecular flexibility index (Phi) is 11.4. The number of aliphatic hydroxyl groups excluding tert-OH is 4. The molecule has 0 radical (unpaired) electrons. The lowest BCUT2D eigenvalue weighted by Crippen LogP contribution is -2.60. The van der Waals surface area contributed by atoms with Gasteiger partial charge in [-0.1, -0.05) is 30.3 Å². The van der Waals surface area contributed by atoms with Crippen molar-refractivity contribution in [2.45, 2.75) is 43.4 Å². The van der Waals surface area contributed by atoms with Crippen molar-refractivity contribution in [2.24, 2.45) is 5.92 Å². The van der Waals surface area contributed by atoms with E-state index < -0.39 is 67.4 Å². The summed E-state index contributed by atoms with van der Waals surface area (Å²) >= 11 is 0. The molecule has 0 unspecified atom stereocenters. The van der Waals surface area contributed by atoms with Crippen molar-refractivity contribution in [3.63, 3.8) is 0 Å². The van der Waals surface area contributed by atoms with Gasteiger partial charge in [-0.2, -0.15) is 0 Å². The van der Waals surface area contributed by atoms with Gasteiger partial charge in [0.15, 0.2) is 6.29 Å². The van der Waals surface area contributed by atoms with Gasteiger partial charge < -0.3 is 48.8 Å². The minimum Gasteiger partial charge on any atom is -0.469 e. The second kappa shape index (κ2) is 14.7. The van der Waals surface area contributed by atoms with Crippen LogP contribution in [-0.2, 0) is 42.8 Å². The number of esters is 3. The maximum absolute atomic E-state index is 12.5. The number of methoxy groups -OCH3 is 2. The number of hydrogen-bond acceptors (Lipinski definition) is 13. The molecule has 13 nitrogen and oxygen atoms in total. The Hall–Kier alpha value is -3.59. The molecule has 218 valence electrons. The van der Waals surface area contributed by atoms with Gasteiger partial charge in [-0.3, -0.25) is 4.79 Å². The SMILES string of the molecule is COC(=O)C[C@H]1C(C(=O)OC)=CO[C@@H](O[C@H]2O[C@H](CO)[C@@H](O)[C@H](O)[C@H]2O)C1=CCOC(=O)C=Cc1ccccc1. The van der Waals surface area contributed by atoms with Crippen LogP contribution < -0.4 is 0 Å². The zero-order valence-electron chi connectivity index (χ0n) is 21.8. The van der Waals surface area contributed by atoms with E-state index in [9.17, 15) is 34.8 Å². The van der Waals surface area contributed by atoms with Crippen LogP contribution in [0.25, 0.3) is 6.08 Å². The number of aliphatic hydroxyl groups is 4. The first-order chi connectivity index (χ1) is 19.2. The number of ether oxygens (including phenoxy) is 6. The highest BCUT2D eigenvalue weighted by atomic mass is 16.8. The summed E-state index contributed by atoms with van der Waals surface area (Å²) in [6.45, 7) is -1.03. The maximum Gasteiger partial charge on any atom is 0.337 e. The number of carbonyl (C=O) groups is 3. The van der Waals surface area contributed by atoms with E-state index in [-0.39, 0.29) is 24.2 Å². The van der Waals surface area contributed by atoms with E-state index in [1.807, 2.05) is 18.2 Å². The van der Waals surface area contributed by atoms with Crippen LogP contribution in [0.2, 0.25) is 0 Å². The summed E-state index contributed by atoms with van der Waals surface area (Å²) in [7, 11) is 2.30. The van der Waals surface area contributed by atoms with E-state index >= 15 is 0 Å². The zero-order valence-corrected chi connectivity index (χ0v) is 21.8. The van der Waals surface area contributed by atoms with Crippen molar-refractivity contribution in [2.75, 3.05) is 27.4 Å². The zero-order chi connectivity index (χ0) is 29.2. The topological polar surface area (TPSA) is 188 Å². The fraction of sp³-hybridized carbons (Fsp3) is 0.444. The maximum atomic E-state index is 12.5. The molecule has 2 heterocycles. The molecule has 0 aliphatic carbocycles. The molecule has 0 saturated carbocycles. The monoisotopic (exact) mass is 564 g/mol. The molecule has 7 atom stereocenters. The Labute approximate surface area is 229 Å². The molecule has 2 aliphatic rings. The predicted molar refractivity (Wildman–Crippen MR) is 134 cm³/mol. The van der Waals surface area contributed by atoms with Crippen LogP contribution in [0.5, 0.6) is 0 Å². The van der Waals surface area contributed by atoms with Gasteiger partial charge >= 0.3 is 17.9 Å². The van der Waals surface area contributed by atoms with Gasteiger partial charge in [0.1, 0.15) is 31.0 Å². The Morgan fingerprint density at radius 1 is 1.00 bits per heavy atom. The molecule has 0 amide bonds. The van der Waals surface area contributed by atoms with Crippen LogP contribution in [-0.4, -0.2) is 103 Å². The van der Waals surface area contributed by atoms with E-state index in [0.29, 0.717) is 0 Å². The lowest BCUT2D eigenvalue weighted by atomic mass is 9.86. The Morgan fingerprint density at radius 2 is 1.73 bits per heavy atom. The van der Waals surface area contributed by atoms with Crippen molar-refractivity contribution in [3.05, 3.63) is 65.5 Å². The molecule has 40 heavy (non-hydrogen) atoms. The van der Waals surface area contributed by atoms with E-state index in [1.54, 1.807) is 18.2 Å². The molecule has 1 fully saturated rings. The fourth-order valence-corrected chi connectivity index (χ4v) is 4.07. The lowest BCUT2D eigenvalue weighted by molar-refractivity contribution is -0.327. The molecular weight excluding hydrogens is 532 g/mol. The van der Waals surface area contributed by atoms with E-state index in [0.717, 1.165) is 26.0 Å². The van der Waals surface area contributed by atoms with Crippen LogP contribution in [0.1, 0.15) is 12.0 Å². The van der Waals surface area contributed by atoms with Gasteiger partial charge in [0.2, 0.25) is 6.29 Å². The van der Waals surface area contributed by atoms with E-state index in [2.05, 4.69) is 0 Å². The van der Waals surface area contributed by atoms with E-state index in [4.69, 9.17) is 28.4 Å². The molecule has 1 aromatic rings. The van der Waals surface area contributed by atoms with Crippen LogP contribution >= 0.6 is 0 Å². The average Bonchev–Trinajstić information content (AvgIpc) is 2.97. The van der Waals surface area contributed by atoms with Crippen molar-refractivity contribution in [1.82, 2.24) is 0 Å². The lowest BCUT2D eigenvalue weighted by Gasteiger charge is -2.41. The van der Waals surface area contributed by atoms with Gasteiger partial charge in [0.05, 0.1) is 39.1 Å². The molecule has 13 heteroatoms. The summed E-state index contributed by atoms with van der Waals surface area (Å²) in [4.78, 5) is 37.0. The minimum absolute atomic E-state index is 0.0666. The molecule has 3 rings (SSSR count). The molecule has 2 aliphatic heterocycles. The Bertz CT molecular complexity index is 1110. The first-order valence-electron chi connectivity index (χ1n) is 12.3. The third-order valence-electron chi connectivity index (χ3n) is 6.25. The number of carbonyl (C=O) groups excluding carboxylic acids is 3. The van der Waals surface area contributed by atoms with Gasteiger partial charge in [-0.15, -0.1) is 0 Å². The molecule has 0 spiro atoms. The first-order valence-corrected chi connectivity index (χ1v) is 12.3. The highest BCUT2D eigenvalue weighted by Gasteiger charge is 2.47. The fourth-order valence-electron chi connectivity index (χ4n) is 4.07. The van der Waals surface area contributed by atoms with Crippen molar-refractivity contribution < 1.29 is 63.2 Å². The summed E-state index contributed by atoms with van der Waals surface area (Å²) in [6, 6.07) is 9.04. The largest absolute Gasteiger partial charge is 0.469 e. The summed E-state index contributed by atoms with van der Waals surface area (Å²) < 4.78 is 31.5. The number of benzene rings is 1. The summed E-state index contributed by atoms with van der Waals surface area (Å²) in [5.74, 6) is -3.21. The second-order valence-electron chi connectivity index (χ2n) is 8.78. The van der Waals surface area contributed by atoms with Crippen molar-refractivity contribution >= 4 is 24.0 Å². The van der Waals surface area contributed by atoms with Crippen molar-refractivity contribution in [1.29, 1.82) is 0 Å². The molecule has 1 aromatic carbocycles. The first kappa shape index (κ1) is 30.9. The smallest absolute Gasteiger partial charge is 0.337 e. The molecule has 0 aromatic heterocycles. The van der Waals surface area contributed by atoms with E-state index in [1.165, 1.54) is 12.2 Å². The predicted octanol–water partition coefficient (Wildman–Crippen LogP) is -0.422. The summed E-state index contributed by atoms with van der Waals surface area (Å²) in [5, 5.41) is 40.1. The third-order valence-corrected chi connectivity index (χ3v) is 6.25. The summed E-state index contributed by atoms with van der Waals surface area (Å²) in [5.41, 5.74) is 0.825. The second-order valence-corrected chi connectivity index (χ2v) is 8.78. The van der Waals surface area contributed by atoms with Gasteiger partial charge in [0.25, 0.3) is 0 Å². The summed E-state index contributed by atoms with van der Waals surface area (Å²) in [6.07, 6.45) is -4.61. The van der Waals surface area contributed by atoms with Gasteiger partial charge in [0, 0.05) is 17.6 Å². The number of hydrogen-bond donors (Lipinski definition) is 4. The van der Waals surface area contributed by atoms with Crippen LogP contribution in [0.4, 0.5) is 0 Å². The Morgan fingerprint density at radius 3 is 2.38 bits per heavy atom. The number of rotatable bonds is 10. The Balaban J connectivity index is 1.87. The van der Waals surface area contributed by atoms with Gasteiger partial charge in [-0.05, 0) is 17.7 Å². The average molecular weight is 565 g/mol. The van der Waals surface area contributed by atoms with Crippen LogP contribution in [0, 0.1) is 5.92 Å². The highest BCUT2D eigenvalue weighted by molar-refractivity contribution is 5.91. The van der Waals surface area contributed by atoms with Gasteiger partial charge in [-0.25, -0.2) is 9.59 Å². The molecule has 0 bridgehead atoms. The third kappa shape index (κ3) is 7.75. The standard InChI is InChI=1S/C27H32O13/c1-35-21(30)12-17-16(10-11-37-20(29)9-8-15-6-4-3-5-7-15)26(38-14-18(17)25(34)36-2)40-27-24(33)23(32)22(31)19(13-28)39-27/h3-10,14,17,19,22-24,26-28,31-33H,11-13H2,1-2H3/t17-,19-,22-,23+,24-,26+,27-/m1/s1. The normalized spacial score (nSPS) is 29.4. The quantitative estimate of drug-likeness (QED) is 0.124. The van der Waals surface area contributed by atoms with Crippen molar-refractivity contribution in [3.8, 4) is 0 Å². The molecule has 1 saturated heterocycles. The molecular formula is C27H32O13. The van der Waals surface area contributed by atoms with Crippen LogP contribution in [0.15, 0.2) is 59.9 Å². The van der Waals surface area contributed by atoms with Crippen LogP contribution in [0.3, 0.4) is 0 Å². The highest BCUT2D eigenvalue weighted by Crippen LogP contribution is 2.36. The molecule has 4 N–H and O–H groups in total.